The Labute approximate surface area is 203 Å². The Morgan fingerprint density at radius 3 is 2.76 bits per heavy atom. The standard InChI is InChI=1S/C24H20BrN5O2S/c1-2-21-28-30-22(26)19(23(31)27-24(30)33-21)13-15-14-29(20-6-4-3-5-18(15)20)11-12-32-17-9-7-16(25)8-10-17/h3-10,13-14,26H,2,11-12H2,1H3/b19-13-,26-22?. The molecule has 5 rings (SSSR count). The predicted octanol–water partition coefficient (Wildman–Crippen LogP) is 5.51. The number of nitrogens with zero attached hydrogens (tertiary/aromatic N) is 4. The maximum atomic E-state index is 12.7. The second-order valence-corrected chi connectivity index (χ2v) is 9.42. The van der Waals surface area contributed by atoms with Crippen LogP contribution in [-0.2, 0) is 11.3 Å². The lowest BCUT2D eigenvalue weighted by atomic mass is 10.1. The molecule has 33 heavy (non-hydrogen) atoms. The maximum Gasteiger partial charge on any atom is 0.283 e. The van der Waals surface area contributed by atoms with E-state index in [1.54, 1.807) is 6.08 Å². The molecule has 0 unspecified atom stereocenters. The number of carbonyl (C=O) groups excluding carboxylic acids is 1. The van der Waals surface area contributed by atoms with E-state index in [-0.39, 0.29) is 11.4 Å². The van der Waals surface area contributed by atoms with Gasteiger partial charge in [-0.25, -0.2) is 0 Å². The van der Waals surface area contributed by atoms with Crippen molar-refractivity contribution < 1.29 is 9.53 Å². The van der Waals surface area contributed by atoms with Crippen LogP contribution in [-0.4, -0.2) is 38.1 Å². The van der Waals surface area contributed by atoms with E-state index in [9.17, 15) is 4.79 Å². The summed E-state index contributed by atoms with van der Waals surface area (Å²) in [6.45, 7) is 3.13. The second kappa shape index (κ2) is 8.99. The van der Waals surface area contributed by atoms with Gasteiger partial charge in [-0.05, 0) is 54.6 Å². The minimum absolute atomic E-state index is 0.0522. The lowest BCUT2D eigenvalue weighted by Crippen LogP contribution is -2.35. The smallest absolute Gasteiger partial charge is 0.283 e. The molecule has 0 saturated heterocycles. The van der Waals surface area contributed by atoms with Gasteiger partial charge in [-0.1, -0.05) is 41.1 Å². The zero-order chi connectivity index (χ0) is 22.9. The fraction of sp³-hybridized carbons (Fsp3) is 0.167. The van der Waals surface area contributed by atoms with Gasteiger partial charge in [0.2, 0.25) is 5.17 Å². The van der Waals surface area contributed by atoms with E-state index in [4.69, 9.17) is 10.1 Å². The number of amidine groups is 2. The Kier molecular flexibility index (Phi) is 5.90. The second-order valence-electron chi connectivity index (χ2n) is 7.46. The Balaban J connectivity index is 1.42. The van der Waals surface area contributed by atoms with Crippen molar-refractivity contribution in [3.63, 3.8) is 0 Å². The van der Waals surface area contributed by atoms with Gasteiger partial charge < -0.3 is 9.30 Å². The van der Waals surface area contributed by atoms with Gasteiger partial charge in [0.1, 0.15) is 17.4 Å². The number of aromatic nitrogens is 1. The van der Waals surface area contributed by atoms with E-state index in [2.05, 4.69) is 30.6 Å². The van der Waals surface area contributed by atoms with E-state index in [0.717, 1.165) is 38.2 Å². The van der Waals surface area contributed by atoms with Crippen molar-refractivity contribution in [3.8, 4) is 5.75 Å². The third-order valence-electron chi connectivity index (χ3n) is 5.33. The van der Waals surface area contributed by atoms with Crippen molar-refractivity contribution in [2.75, 3.05) is 6.61 Å². The van der Waals surface area contributed by atoms with E-state index in [0.29, 0.717) is 18.3 Å². The summed E-state index contributed by atoms with van der Waals surface area (Å²) >= 11 is 4.77. The van der Waals surface area contributed by atoms with Crippen LogP contribution in [0.2, 0.25) is 0 Å². The number of hydrogen-bond acceptors (Lipinski definition) is 5. The first-order valence-corrected chi connectivity index (χ1v) is 12.1. The van der Waals surface area contributed by atoms with E-state index in [1.165, 1.54) is 16.8 Å². The number of benzene rings is 2. The minimum atomic E-state index is -0.415. The number of hydrazone groups is 1. The first kappa shape index (κ1) is 21.7. The number of ether oxygens (including phenoxy) is 1. The van der Waals surface area contributed by atoms with Crippen molar-refractivity contribution in [3.05, 3.63) is 70.3 Å². The molecular formula is C24H20BrN5O2S. The number of halogens is 1. The molecule has 0 fully saturated rings. The van der Waals surface area contributed by atoms with Gasteiger partial charge in [0, 0.05) is 27.1 Å². The zero-order valence-corrected chi connectivity index (χ0v) is 20.2. The van der Waals surface area contributed by atoms with Gasteiger partial charge >= 0.3 is 0 Å². The van der Waals surface area contributed by atoms with Gasteiger partial charge in [-0.15, -0.1) is 0 Å². The van der Waals surface area contributed by atoms with Crippen LogP contribution in [0.25, 0.3) is 17.0 Å². The summed E-state index contributed by atoms with van der Waals surface area (Å²) in [5.74, 6) is 0.445. The monoisotopic (exact) mass is 521 g/mol. The molecule has 1 aromatic heterocycles. The van der Waals surface area contributed by atoms with Crippen LogP contribution < -0.4 is 4.74 Å². The highest BCUT2D eigenvalue weighted by molar-refractivity contribution is 9.10. The number of aliphatic imine (C=N–C) groups is 1. The zero-order valence-electron chi connectivity index (χ0n) is 17.8. The summed E-state index contributed by atoms with van der Waals surface area (Å²) in [4.78, 5) is 16.9. The number of thioether (sulfide) groups is 1. The lowest BCUT2D eigenvalue weighted by molar-refractivity contribution is -0.114. The number of carbonyl (C=O) groups is 1. The van der Waals surface area contributed by atoms with E-state index in [1.807, 2.05) is 61.7 Å². The Bertz CT molecular complexity index is 1360. The van der Waals surface area contributed by atoms with Crippen LogP contribution in [0.1, 0.15) is 18.9 Å². The molecule has 0 radical (unpaired) electrons. The van der Waals surface area contributed by atoms with Crippen molar-refractivity contribution in [1.82, 2.24) is 9.58 Å². The Morgan fingerprint density at radius 1 is 1.18 bits per heavy atom. The quantitative estimate of drug-likeness (QED) is 0.433. The molecular weight excluding hydrogens is 502 g/mol. The van der Waals surface area contributed by atoms with Gasteiger partial charge in [0.15, 0.2) is 5.84 Å². The predicted molar refractivity (Wildman–Crippen MR) is 137 cm³/mol. The van der Waals surface area contributed by atoms with Gasteiger partial charge in [0.05, 0.1) is 12.1 Å². The molecule has 2 aliphatic heterocycles. The topological polar surface area (TPSA) is 83.0 Å². The molecule has 1 N–H and O–H groups in total. The largest absolute Gasteiger partial charge is 0.492 e. The van der Waals surface area contributed by atoms with Gasteiger partial charge in [-0.2, -0.15) is 15.1 Å². The summed E-state index contributed by atoms with van der Waals surface area (Å²) in [5, 5.41) is 16.7. The van der Waals surface area contributed by atoms with Crippen molar-refractivity contribution in [1.29, 1.82) is 5.41 Å². The summed E-state index contributed by atoms with van der Waals surface area (Å²) in [6.07, 6.45) is 4.46. The van der Waals surface area contributed by atoms with Crippen LogP contribution in [0, 0.1) is 5.41 Å². The molecule has 7 nitrogen and oxygen atoms in total. The molecule has 166 valence electrons. The molecule has 3 aromatic rings. The number of fused-ring (bicyclic) bond motifs is 2. The van der Waals surface area contributed by atoms with E-state index < -0.39 is 5.91 Å². The Morgan fingerprint density at radius 2 is 1.97 bits per heavy atom. The highest BCUT2D eigenvalue weighted by atomic mass is 79.9. The molecule has 0 bridgehead atoms. The average Bonchev–Trinajstić information content (AvgIpc) is 3.39. The SMILES string of the molecule is CCC1=NN2C(=N)/C(=C/c3cn(CCOc4ccc(Br)cc4)c4ccccc34)C(=O)N=C2S1. The normalized spacial score (nSPS) is 16.9. The van der Waals surface area contributed by atoms with E-state index >= 15 is 0 Å². The maximum absolute atomic E-state index is 12.7. The Hall–Kier alpha value is -3.17. The van der Waals surface area contributed by atoms with Gasteiger partial charge in [0.25, 0.3) is 5.91 Å². The summed E-state index contributed by atoms with van der Waals surface area (Å²) in [7, 11) is 0. The molecule has 3 heterocycles. The first-order chi connectivity index (χ1) is 16.0. The van der Waals surface area contributed by atoms with Crippen molar-refractivity contribution in [2.24, 2.45) is 10.1 Å². The third kappa shape index (κ3) is 4.26. The number of nitrogens with one attached hydrogen (secondary N) is 1. The minimum Gasteiger partial charge on any atom is -0.492 e. The van der Waals surface area contributed by atoms with Crippen LogP contribution in [0.3, 0.4) is 0 Å². The molecule has 1 amide bonds. The number of amides is 1. The van der Waals surface area contributed by atoms with Crippen LogP contribution in [0.15, 0.2) is 74.9 Å². The van der Waals surface area contributed by atoms with Crippen molar-refractivity contribution >= 4 is 66.6 Å². The molecule has 9 heteroatoms. The molecule has 0 saturated carbocycles. The molecule has 2 aliphatic rings. The summed E-state index contributed by atoms with van der Waals surface area (Å²) in [6, 6.07) is 15.7. The van der Waals surface area contributed by atoms with Crippen LogP contribution in [0.5, 0.6) is 5.75 Å². The molecule has 2 aromatic carbocycles. The highest BCUT2D eigenvalue weighted by Crippen LogP contribution is 2.31. The highest BCUT2D eigenvalue weighted by Gasteiger charge is 2.35. The van der Waals surface area contributed by atoms with Crippen LogP contribution >= 0.6 is 27.7 Å². The third-order valence-corrected chi connectivity index (χ3v) is 6.91. The summed E-state index contributed by atoms with van der Waals surface area (Å²) in [5.41, 5.74) is 2.12. The molecule has 0 spiro atoms. The van der Waals surface area contributed by atoms with Crippen molar-refractivity contribution in [2.45, 2.75) is 19.9 Å². The molecule has 0 atom stereocenters. The number of para-hydroxylation sites is 1. The fourth-order valence-corrected chi connectivity index (χ4v) is 4.79. The fourth-order valence-electron chi connectivity index (χ4n) is 3.70. The lowest BCUT2D eigenvalue weighted by Gasteiger charge is -2.20. The average molecular weight is 522 g/mol. The summed E-state index contributed by atoms with van der Waals surface area (Å²) < 4.78 is 9.00. The number of rotatable bonds is 6. The number of hydrogen-bond donors (Lipinski definition) is 1. The van der Waals surface area contributed by atoms with Gasteiger partial charge in [-0.3, -0.25) is 10.2 Å². The first-order valence-electron chi connectivity index (χ1n) is 10.5. The molecule has 0 aliphatic carbocycles. The van der Waals surface area contributed by atoms with Crippen LogP contribution in [0.4, 0.5) is 0 Å².